The highest BCUT2D eigenvalue weighted by molar-refractivity contribution is 6.38. The molecule has 0 bridgehead atoms. The van der Waals surface area contributed by atoms with E-state index in [2.05, 4.69) is 10.6 Å². The van der Waals surface area contributed by atoms with Gasteiger partial charge in [-0.2, -0.15) is 5.26 Å². The molecule has 314 valence electrons. The van der Waals surface area contributed by atoms with E-state index < -0.39 is 11.8 Å². The Kier molecular flexibility index (Phi) is 8.98. The Balaban J connectivity index is 1.01. The zero-order valence-electron chi connectivity index (χ0n) is 35.6. The number of nitrogens with zero attached hydrogens (tertiary/aromatic N) is 4. The van der Waals surface area contributed by atoms with Crippen LogP contribution < -0.4 is 9.80 Å². The van der Waals surface area contributed by atoms with Crippen molar-refractivity contribution in [3.63, 3.8) is 0 Å². The van der Waals surface area contributed by atoms with Gasteiger partial charge in [0.25, 0.3) is 23.6 Å². The van der Waals surface area contributed by atoms with Gasteiger partial charge < -0.3 is 4.57 Å². The molecule has 0 spiro atoms. The van der Waals surface area contributed by atoms with E-state index in [1.165, 1.54) is 9.80 Å². The highest BCUT2D eigenvalue weighted by Crippen LogP contribution is 2.44. The first kappa shape index (κ1) is 39.2. The second-order valence-corrected chi connectivity index (χ2v) is 16.6. The number of hydrogen-bond acceptors (Lipinski definition) is 5. The van der Waals surface area contributed by atoms with E-state index in [0.717, 1.165) is 60.9 Å². The van der Waals surface area contributed by atoms with Crippen LogP contribution in [0, 0.1) is 11.3 Å². The molecular formula is C59H34N4O4. The summed E-state index contributed by atoms with van der Waals surface area (Å²) in [4.78, 5) is 60.5. The van der Waals surface area contributed by atoms with E-state index in [-0.39, 0.29) is 11.8 Å². The zero-order valence-corrected chi connectivity index (χ0v) is 35.6. The van der Waals surface area contributed by atoms with Gasteiger partial charge in [0.05, 0.1) is 56.3 Å². The van der Waals surface area contributed by atoms with Crippen molar-refractivity contribution in [3.8, 4) is 56.3 Å². The molecule has 0 unspecified atom stereocenters. The fourth-order valence-corrected chi connectivity index (χ4v) is 9.87. The van der Waals surface area contributed by atoms with Crippen molar-refractivity contribution in [3.05, 3.63) is 234 Å². The number of amides is 4. The predicted molar refractivity (Wildman–Crippen MR) is 262 cm³/mol. The van der Waals surface area contributed by atoms with Gasteiger partial charge in [-0.15, -0.1) is 0 Å². The average Bonchev–Trinajstić information content (AvgIpc) is 3.95. The zero-order chi connectivity index (χ0) is 45.3. The van der Waals surface area contributed by atoms with Crippen molar-refractivity contribution in [2.45, 2.75) is 0 Å². The number of rotatable bonds is 7. The molecule has 2 aliphatic heterocycles. The standard InChI is InChI=1S/C59H34N4O4/c60-35-36-25-29-41(30-26-36)61-52-31-27-39(44-19-11-21-46-54(44)58(66)62(56(46)64)50-23-9-7-17-42(50)37-13-3-1-4-14-37)33-48(52)49-34-40(28-32-53(49)61)45-20-12-22-47-55(45)59(67)63(57(47)65)51-24-10-8-18-43(51)38-15-5-2-6-16-38/h1-34H. The second kappa shape index (κ2) is 15.4. The Morgan fingerprint density at radius 3 is 1.19 bits per heavy atom. The van der Waals surface area contributed by atoms with Crippen LogP contribution in [0.3, 0.4) is 0 Å². The Morgan fingerprint density at radius 2 is 0.746 bits per heavy atom. The lowest BCUT2D eigenvalue weighted by Gasteiger charge is -2.18. The van der Waals surface area contributed by atoms with Crippen molar-refractivity contribution < 1.29 is 19.2 Å². The number of nitriles is 1. The Labute approximate surface area is 384 Å². The lowest BCUT2D eigenvalue weighted by atomic mass is 9.94. The number of hydrogen-bond donors (Lipinski definition) is 0. The third-order valence-electron chi connectivity index (χ3n) is 12.9. The monoisotopic (exact) mass is 862 g/mol. The molecule has 1 aromatic heterocycles. The maximum atomic E-state index is 14.7. The molecule has 0 saturated heterocycles. The first-order valence-corrected chi connectivity index (χ1v) is 21.8. The lowest BCUT2D eigenvalue weighted by Crippen LogP contribution is -2.30. The van der Waals surface area contributed by atoms with Crippen LogP contribution in [0.1, 0.15) is 47.0 Å². The van der Waals surface area contributed by atoms with Crippen LogP contribution >= 0.6 is 0 Å². The first-order valence-electron chi connectivity index (χ1n) is 21.8. The van der Waals surface area contributed by atoms with Crippen LogP contribution in [0.2, 0.25) is 0 Å². The van der Waals surface area contributed by atoms with Crippen LogP contribution in [0.15, 0.2) is 206 Å². The predicted octanol–water partition coefficient (Wildman–Crippen LogP) is 12.9. The minimum Gasteiger partial charge on any atom is -0.309 e. The van der Waals surface area contributed by atoms with E-state index >= 15 is 0 Å². The molecule has 0 N–H and O–H groups in total. The van der Waals surface area contributed by atoms with Crippen LogP contribution in [-0.2, 0) is 0 Å². The van der Waals surface area contributed by atoms with Gasteiger partial charge in [0, 0.05) is 27.6 Å². The number of para-hydroxylation sites is 2. The summed E-state index contributed by atoms with van der Waals surface area (Å²) in [5.74, 6) is -1.59. The first-order chi connectivity index (χ1) is 32.9. The highest BCUT2D eigenvalue weighted by Gasteiger charge is 2.41. The van der Waals surface area contributed by atoms with E-state index in [4.69, 9.17) is 0 Å². The Bertz CT molecular complexity index is 3570. The van der Waals surface area contributed by atoms with Crippen molar-refractivity contribution in [2.75, 3.05) is 9.80 Å². The van der Waals surface area contributed by atoms with Crippen molar-refractivity contribution in [2.24, 2.45) is 0 Å². The third kappa shape index (κ3) is 6.07. The van der Waals surface area contributed by atoms with Crippen molar-refractivity contribution >= 4 is 56.8 Å². The van der Waals surface area contributed by atoms with Gasteiger partial charge in [-0.25, -0.2) is 9.80 Å². The maximum absolute atomic E-state index is 14.7. The molecule has 9 aromatic carbocycles. The number of aromatic nitrogens is 1. The number of fused-ring (bicyclic) bond motifs is 5. The molecule has 0 saturated carbocycles. The van der Waals surface area contributed by atoms with Crippen LogP contribution in [-0.4, -0.2) is 28.2 Å². The SMILES string of the molecule is N#Cc1ccc(-n2c3ccc(-c4cccc5c4C(=O)N(c4ccccc4-c4ccccc4)C5=O)cc3c3cc(-c4cccc5c4C(=O)N(c4ccccc4-c4ccccc4)C5=O)ccc32)cc1. The second-order valence-electron chi connectivity index (χ2n) is 16.6. The van der Waals surface area contributed by atoms with Gasteiger partial charge in [0.15, 0.2) is 0 Å². The summed E-state index contributed by atoms with van der Waals surface area (Å²) in [6.45, 7) is 0. The van der Waals surface area contributed by atoms with Gasteiger partial charge in [-0.05, 0) is 106 Å². The van der Waals surface area contributed by atoms with Gasteiger partial charge in [-0.3, -0.25) is 19.2 Å². The molecule has 2 aliphatic rings. The number of carbonyl (C=O) groups is 4. The molecule has 12 rings (SSSR count). The normalized spacial score (nSPS) is 13.1. The molecule has 0 radical (unpaired) electrons. The molecule has 8 heteroatoms. The Morgan fingerprint density at radius 1 is 0.343 bits per heavy atom. The molecular weight excluding hydrogens is 829 g/mol. The Hall–Kier alpha value is -9.45. The lowest BCUT2D eigenvalue weighted by molar-refractivity contribution is 0.0910. The van der Waals surface area contributed by atoms with E-state index in [1.54, 1.807) is 36.4 Å². The summed E-state index contributed by atoms with van der Waals surface area (Å²) in [6.07, 6.45) is 0. The number of carbonyl (C=O) groups excluding carboxylic acids is 4. The topological polar surface area (TPSA) is 103 Å². The van der Waals surface area contributed by atoms with Crippen molar-refractivity contribution in [1.82, 2.24) is 4.57 Å². The molecule has 67 heavy (non-hydrogen) atoms. The van der Waals surface area contributed by atoms with Gasteiger partial charge >= 0.3 is 0 Å². The minimum absolute atomic E-state index is 0.324. The summed E-state index contributed by atoms with van der Waals surface area (Å²) in [5, 5.41) is 11.3. The quantitative estimate of drug-likeness (QED) is 0.148. The number of benzene rings is 9. The summed E-state index contributed by atoms with van der Waals surface area (Å²) < 4.78 is 2.12. The van der Waals surface area contributed by atoms with E-state index in [0.29, 0.717) is 50.3 Å². The maximum Gasteiger partial charge on any atom is 0.266 e. The smallest absolute Gasteiger partial charge is 0.266 e. The summed E-state index contributed by atoms with van der Waals surface area (Å²) in [6, 6.07) is 66.7. The molecule has 4 amide bonds. The van der Waals surface area contributed by atoms with Crippen LogP contribution in [0.5, 0.6) is 0 Å². The van der Waals surface area contributed by atoms with Gasteiger partial charge in [-0.1, -0.05) is 133 Å². The summed E-state index contributed by atoms with van der Waals surface area (Å²) in [7, 11) is 0. The summed E-state index contributed by atoms with van der Waals surface area (Å²) >= 11 is 0. The average molecular weight is 863 g/mol. The number of imide groups is 2. The molecule has 0 aliphatic carbocycles. The summed E-state index contributed by atoms with van der Waals surface area (Å²) in [5.41, 5.74) is 11.4. The minimum atomic E-state index is -0.404. The molecule has 3 heterocycles. The molecule has 10 aromatic rings. The molecule has 8 nitrogen and oxygen atoms in total. The van der Waals surface area contributed by atoms with Crippen LogP contribution in [0.25, 0.3) is 72.0 Å². The number of anilines is 2. The molecule has 0 fully saturated rings. The largest absolute Gasteiger partial charge is 0.309 e. The van der Waals surface area contributed by atoms with Gasteiger partial charge in [0.2, 0.25) is 0 Å². The third-order valence-corrected chi connectivity index (χ3v) is 12.9. The van der Waals surface area contributed by atoms with E-state index in [1.807, 2.05) is 170 Å². The van der Waals surface area contributed by atoms with Crippen molar-refractivity contribution in [1.29, 1.82) is 5.26 Å². The van der Waals surface area contributed by atoms with Gasteiger partial charge in [0.1, 0.15) is 0 Å². The van der Waals surface area contributed by atoms with E-state index in [9.17, 15) is 24.4 Å². The van der Waals surface area contributed by atoms with Crippen LogP contribution in [0.4, 0.5) is 11.4 Å². The fourth-order valence-electron chi connectivity index (χ4n) is 9.87. The highest BCUT2D eigenvalue weighted by atomic mass is 16.2. The molecule has 0 atom stereocenters. The fraction of sp³-hybridized carbons (Fsp3) is 0.